The van der Waals surface area contributed by atoms with E-state index in [-0.39, 0.29) is 41.0 Å². The van der Waals surface area contributed by atoms with Crippen LogP contribution >= 0.6 is 0 Å². The Morgan fingerprint density at radius 3 is 2.27 bits per heavy atom. The van der Waals surface area contributed by atoms with Crippen LogP contribution in [0.3, 0.4) is 0 Å². The van der Waals surface area contributed by atoms with Gasteiger partial charge in [-0.1, -0.05) is 48.0 Å². The average molecular weight is 443 g/mol. The molecule has 0 atom stereocenters. The molecule has 9 nitrogen and oxygen atoms in total. The Bertz CT molecular complexity index is 1330. The number of aromatic nitrogens is 2. The van der Waals surface area contributed by atoms with Crippen molar-refractivity contribution in [3.63, 3.8) is 0 Å². The zero-order chi connectivity index (χ0) is 23.4. The maximum atomic E-state index is 12.9. The first-order valence-corrected chi connectivity index (χ1v) is 9.87. The van der Waals surface area contributed by atoms with Crippen LogP contribution in [0.1, 0.15) is 37.7 Å². The number of ketones is 1. The van der Waals surface area contributed by atoms with E-state index in [2.05, 4.69) is 10.2 Å². The predicted octanol–water partition coefficient (Wildman–Crippen LogP) is 4.54. The Labute approximate surface area is 187 Å². The van der Waals surface area contributed by atoms with Crippen molar-refractivity contribution in [3.05, 3.63) is 111 Å². The topological polar surface area (TPSA) is 125 Å². The molecule has 33 heavy (non-hydrogen) atoms. The monoisotopic (exact) mass is 443 g/mol. The van der Waals surface area contributed by atoms with Gasteiger partial charge in [0.15, 0.2) is 12.4 Å². The molecule has 164 valence electrons. The number of rotatable bonds is 7. The molecule has 0 spiro atoms. The lowest BCUT2D eigenvalue weighted by atomic mass is 9.98. The van der Waals surface area contributed by atoms with Crippen LogP contribution in [-0.2, 0) is 11.3 Å². The third kappa shape index (κ3) is 4.82. The molecule has 0 N–H and O–H groups in total. The van der Waals surface area contributed by atoms with Crippen molar-refractivity contribution in [2.75, 3.05) is 0 Å². The van der Waals surface area contributed by atoms with E-state index in [4.69, 9.17) is 9.15 Å². The molecule has 0 aliphatic rings. The van der Waals surface area contributed by atoms with E-state index in [1.165, 1.54) is 30.3 Å². The summed E-state index contributed by atoms with van der Waals surface area (Å²) in [7, 11) is 0. The second-order valence-electron chi connectivity index (χ2n) is 7.12. The quantitative estimate of drug-likeness (QED) is 0.176. The molecule has 0 saturated heterocycles. The summed E-state index contributed by atoms with van der Waals surface area (Å²) in [6.45, 7) is 1.62. The van der Waals surface area contributed by atoms with Gasteiger partial charge in [0, 0.05) is 28.8 Å². The zero-order valence-electron chi connectivity index (χ0n) is 17.4. The Morgan fingerprint density at radius 1 is 0.939 bits per heavy atom. The summed E-state index contributed by atoms with van der Waals surface area (Å²) in [5.74, 6) is -0.827. The molecule has 0 saturated carbocycles. The van der Waals surface area contributed by atoms with Crippen LogP contribution < -0.4 is 0 Å². The third-order valence-corrected chi connectivity index (χ3v) is 4.82. The van der Waals surface area contributed by atoms with Gasteiger partial charge < -0.3 is 9.15 Å². The number of hydrogen-bond donors (Lipinski definition) is 0. The van der Waals surface area contributed by atoms with Gasteiger partial charge in [0.25, 0.3) is 11.6 Å². The highest BCUT2D eigenvalue weighted by Crippen LogP contribution is 2.22. The number of hydrogen-bond acceptors (Lipinski definition) is 8. The molecule has 0 aliphatic heterocycles. The number of carbonyl (C=O) groups is 2. The molecule has 0 fully saturated rings. The zero-order valence-corrected chi connectivity index (χ0v) is 17.4. The summed E-state index contributed by atoms with van der Waals surface area (Å²) in [6, 6.07) is 19.1. The van der Waals surface area contributed by atoms with Gasteiger partial charge >= 0.3 is 5.97 Å². The second kappa shape index (κ2) is 9.23. The minimum Gasteiger partial charge on any atom is -0.452 e. The van der Waals surface area contributed by atoms with E-state index < -0.39 is 10.9 Å². The predicted molar refractivity (Wildman–Crippen MR) is 117 cm³/mol. The van der Waals surface area contributed by atoms with Crippen molar-refractivity contribution in [1.29, 1.82) is 0 Å². The minimum absolute atomic E-state index is 0.0408. The number of benzene rings is 3. The van der Waals surface area contributed by atoms with Gasteiger partial charge in [-0.15, -0.1) is 10.2 Å². The minimum atomic E-state index is -0.707. The second-order valence-corrected chi connectivity index (χ2v) is 7.12. The van der Waals surface area contributed by atoms with Crippen molar-refractivity contribution in [3.8, 4) is 11.5 Å². The number of ether oxygens (including phenoxy) is 1. The average Bonchev–Trinajstić information content (AvgIpc) is 3.32. The molecular formula is C24H17N3O6. The van der Waals surface area contributed by atoms with Gasteiger partial charge in [0.05, 0.1) is 10.5 Å². The first-order chi connectivity index (χ1) is 15.9. The van der Waals surface area contributed by atoms with Gasteiger partial charge in [0.2, 0.25) is 5.89 Å². The Hall–Kier alpha value is -4.66. The molecule has 4 rings (SSSR count). The first kappa shape index (κ1) is 21.6. The molecule has 9 heteroatoms. The molecule has 0 unspecified atom stereocenters. The van der Waals surface area contributed by atoms with Crippen molar-refractivity contribution in [1.82, 2.24) is 10.2 Å². The summed E-state index contributed by atoms with van der Waals surface area (Å²) >= 11 is 0. The SMILES string of the molecule is Cc1ccc(C(=O)c2ccccc2C(=O)OCc2nnc(-c3ccc([N+](=O)[O-])cc3)o2)cc1. The summed E-state index contributed by atoms with van der Waals surface area (Å²) in [5, 5.41) is 18.5. The highest BCUT2D eigenvalue weighted by atomic mass is 16.6. The molecule has 0 radical (unpaired) electrons. The molecule has 4 aromatic rings. The maximum Gasteiger partial charge on any atom is 0.339 e. The summed E-state index contributed by atoms with van der Waals surface area (Å²) in [5.41, 5.74) is 2.25. The largest absolute Gasteiger partial charge is 0.452 e. The van der Waals surface area contributed by atoms with E-state index in [1.54, 1.807) is 30.3 Å². The summed E-state index contributed by atoms with van der Waals surface area (Å²) < 4.78 is 10.8. The highest BCUT2D eigenvalue weighted by molar-refractivity contribution is 6.14. The van der Waals surface area contributed by atoms with E-state index in [9.17, 15) is 19.7 Å². The molecule has 0 amide bonds. The van der Waals surface area contributed by atoms with Gasteiger partial charge in [-0.25, -0.2) is 4.79 Å². The van der Waals surface area contributed by atoms with Crippen molar-refractivity contribution in [2.45, 2.75) is 13.5 Å². The maximum absolute atomic E-state index is 12.9. The number of nitro groups is 1. The molecule has 3 aromatic carbocycles. The van der Waals surface area contributed by atoms with Crippen LogP contribution in [-0.4, -0.2) is 26.9 Å². The van der Waals surface area contributed by atoms with Gasteiger partial charge in [-0.2, -0.15) is 0 Å². The molecular weight excluding hydrogens is 426 g/mol. The molecule has 0 bridgehead atoms. The van der Waals surface area contributed by atoms with E-state index >= 15 is 0 Å². The lowest BCUT2D eigenvalue weighted by molar-refractivity contribution is -0.384. The molecule has 1 heterocycles. The van der Waals surface area contributed by atoms with Crippen LogP contribution in [0.15, 0.2) is 77.2 Å². The standard InChI is InChI=1S/C24H17N3O6/c1-15-6-8-16(9-7-15)22(28)19-4-2-3-5-20(19)24(29)32-14-21-25-26-23(33-21)17-10-12-18(13-11-17)27(30)31/h2-13H,14H2,1H3. The van der Waals surface area contributed by atoms with Crippen molar-refractivity contribution >= 4 is 17.4 Å². The number of nitrogens with zero attached hydrogens (tertiary/aromatic N) is 3. The lowest BCUT2D eigenvalue weighted by Crippen LogP contribution is -2.12. The molecule has 1 aromatic heterocycles. The lowest BCUT2D eigenvalue weighted by Gasteiger charge is -2.08. The fraction of sp³-hybridized carbons (Fsp3) is 0.0833. The molecule has 0 aliphatic carbocycles. The van der Waals surface area contributed by atoms with E-state index in [1.807, 2.05) is 19.1 Å². The van der Waals surface area contributed by atoms with Crippen LogP contribution in [0.4, 0.5) is 5.69 Å². The van der Waals surface area contributed by atoms with Crippen LogP contribution in [0.5, 0.6) is 0 Å². The number of nitro benzene ring substituents is 1. The number of esters is 1. The Kier molecular flexibility index (Phi) is 6.03. The summed E-state index contributed by atoms with van der Waals surface area (Å²) in [6.07, 6.45) is 0. The Balaban J connectivity index is 1.46. The van der Waals surface area contributed by atoms with E-state index in [0.717, 1.165) is 5.56 Å². The first-order valence-electron chi connectivity index (χ1n) is 9.87. The third-order valence-electron chi connectivity index (χ3n) is 4.82. The number of carbonyl (C=O) groups excluding carboxylic acids is 2. The van der Waals surface area contributed by atoms with Crippen LogP contribution in [0.25, 0.3) is 11.5 Å². The van der Waals surface area contributed by atoms with Gasteiger partial charge in [-0.05, 0) is 25.1 Å². The van der Waals surface area contributed by atoms with Crippen molar-refractivity contribution < 1.29 is 23.7 Å². The van der Waals surface area contributed by atoms with Gasteiger partial charge in [-0.3, -0.25) is 14.9 Å². The summed E-state index contributed by atoms with van der Waals surface area (Å²) in [4.78, 5) is 35.8. The van der Waals surface area contributed by atoms with E-state index in [0.29, 0.717) is 11.1 Å². The van der Waals surface area contributed by atoms with Gasteiger partial charge in [0.1, 0.15) is 0 Å². The highest BCUT2D eigenvalue weighted by Gasteiger charge is 2.20. The smallest absolute Gasteiger partial charge is 0.339 e. The normalized spacial score (nSPS) is 10.6. The van der Waals surface area contributed by atoms with Crippen molar-refractivity contribution in [2.24, 2.45) is 0 Å². The fourth-order valence-electron chi connectivity index (χ4n) is 3.08. The fourth-order valence-corrected chi connectivity index (χ4v) is 3.08. The van der Waals surface area contributed by atoms with Crippen LogP contribution in [0, 0.1) is 17.0 Å². The number of non-ortho nitro benzene ring substituents is 1. The Morgan fingerprint density at radius 2 is 1.61 bits per heavy atom. The number of aryl methyl sites for hydroxylation is 1. The van der Waals surface area contributed by atoms with Crippen LogP contribution in [0.2, 0.25) is 0 Å².